The number of carbonyl (C=O) groups excluding carboxylic acids is 3. The number of benzene rings is 1. The van der Waals surface area contributed by atoms with Gasteiger partial charge < -0.3 is 10.6 Å². The molecular weight excluding hydrogens is 342 g/mol. The summed E-state index contributed by atoms with van der Waals surface area (Å²) in [4.78, 5) is 38.4. The van der Waals surface area contributed by atoms with E-state index in [0.29, 0.717) is 17.1 Å². The molecule has 2 atom stereocenters. The van der Waals surface area contributed by atoms with Crippen molar-refractivity contribution in [2.75, 3.05) is 11.9 Å². The molecule has 1 spiro atoms. The van der Waals surface area contributed by atoms with Gasteiger partial charge in [0.25, 0.3) is 5.91 Å². The zero-order valence-electron chi connectivity index (χ0n) is 14.4. The summed E-state index contributed by atoms with van der Waals surface area (Å²) in [5.74, 6) is -0.646. The summed E-state index contributed by atoms with van der Waals surface area (Å²) in [6.45, 7) is 3.55. The zero-order valence-corrected chi connectivity index (χ0v) is 15.2. The Bertz CT molecular complexity index is 736. The minimum Gasteiger partial charge on any atom is -0.324 e. The van der Waals surface area contributed by atoms with E-state index >= 15 is 0 Å². The first-order chi connectivity index (χ1) is 11.8. The standard InChI is InChI=1S/C18H22ClN3O3/c1-11-6-7-13(9-14(11)19)20-15(23)10-22-16(24)18(21-17(22)25)8-4-3-5-12(18)2/h6-7,9,12H,3-5,8,10H2,1-2H3,(H,20,23)(H,21,25)/t12-,18-/m0/s1. The van der Waals surface area contributed by atoms with Crippen molar-refractivity contribution < 1.29 is 14.4 Å². The van der Waals surface area contributed by atoms with E-state index in [-0.39, 0.29) is 18.4 Å². The Morgan fingerprint density at radius 3 is 2.84 bits per heavy atom. The third-order valence-corrected chi connectivity index (χ3v) is 5.67. The molecule has 0 radical (unpaired) electrons. The van der Waals surface area contributed by atoms with Crippen molar-refractivity contribution in [3.05, 3.63) is 28.8 Å². The van der Waals surface area contributed by atoms with Crippen LogP contribution in [-0.2, 0) is 9.59 Å². The van der Waals surface area contributed by atoms with Crippen molar-refractivity contribution in [2.24, 2.45) is 5.92 Å². The third-order valence-electron chi connectivity index (χ3n) is 5.26. The lowest BCUT2D eigenvalue weighted by atomic mass is 9.73. The Morgan fingerprint density at radius 2 is 2.16 bits per heavy atom. The van der Waals surface area contributed by atoms with Gasteiger partial charge in [-0.1, -0.05) is 37.4 Å². The highest BCUT2D eigenvalue weighted by molar-refractivity contribution is 6.31. The average Bonchev–Trinajstić information content (AvgIpc) is 2.79. The quantitative estimate of drug-likeness (QED) is 0.810. The summed E-state index contributed by atoms with van der Waals surface area (Å²) < 4.78 is 0. The molecule has 1 aliphatic carbocycles. The molecule has 3 rings (SSSR count). The van der Waals surface area contributed by atoms with Gasteiger partial charge >= 0.3 is 6.03 Å². The van der Waals surface area contributed by atoms with E-state index < -0.39 is 17.5 Å². The lowest BCUT2D eigenvalue weighted by Crippen LogP contribution is -2.54. The van der Waals surface area contributed by atoms with Gasteiger partial charge in [-0.3, -0.25) is 14.5 Å². The number of halogens is 1. The van der Waals surface area contributed by atoms with Gasteiger partial charge in [0.1, 0.15) is 12.1 Å². The van der Waals surface area contributed by atoms with E-state index in [2.05, 4.69) is 10.6 Å². The first-order valence-electron chi connectivity index (χ1n) is 8.53. The highest BCUT2D eigenvalue weighted by atomic mass is 35.5. The van der Waals surface area contributed by atoms with E-state index in [0.717, 1.165) is 29.7 Å². The van der Waals surface area contributed by atoms with Crippen LogP contribution >= 0.6 is 11.6 Å². The van der Waals surface area contributed by atoms with Gasteiger partial charge in [0.2, 0.25) is 5.91 Å². The number of aryl methyl sites for hydroxylation is 1. The number of amides is 4. The van der Waals surface area contributed by atoms with Gasteiger partial charge in [-0.25, -0.2) is 4.79 Å². The van der Waals surface area contributed by atoms with Crippen LogP contribution in [0.15, 0.2) is 18.2 Å². The second-order valence-electron chi connectivity index (χ2n) is 6.95. The molecule has 1 aromatic carbocycles. The first kappa shape index (κ1) is 17.7. The van der Waals surface area contributed by atoms with Crippen LogP contribution in [-0.4, -0.2) is 34.8 Å². The monoisotopic (exact) mass is 363 g/mol. The Labute approximate surface area is 151 Å². The molecule has 7 heteroatoms. The maximum Gasteiger partial charge on any atom is 0.325 e. The third kappa shape index (κ3) is 3.23. The molecule has 1 aliphatic heterocycles. The number of hydrogen-bond donors (Lipinski definition) is 2. The first-order valence-corrected chi connectivity index (χ1v) is 8.91. The fourth-order valence-corrected chi connectivity index (χ4v) is 3.83. The van der Waals surface area contributed by atoms with Crippen molar-refractivity contribution in [1.82, 2.24) is 10.2 Å². The summed E-state index contributed by atoms with van der Waals surface area (Å²) >= 11 is 6.05. The summed E-state index contributed by atoms with van der Waals surface area (Å²) in [5, 5.41) is 6.07. The van der Waals surface area contributed by atoms with Crippen molar-refractivity contribution in [3.8, 4) is 0 Å². The second-order valence-corrected chi connectivity index (χ2v) is 7.36. The topological polar surface area (TPSA) is 78.5 Å². The van der Waals surface area contributed by atoms with Crippen LogP contribution in [0.4, 0.5) is 10.5 Å². The van der Waals surface area contributed by atoms with Crippen LogP contribution in [0, 0.1) is 12.8 Å². The summed E-state index contributed by atoms with van der Waals surface area (Å²) in [5.41, 5.74) is 0.596. The van der Waals surface area contributed by atoms with E-state index in [1.807, 2.05) is 13.8 Å². The normalized spacial score (nSPS) is 26.0. The highest BCUT2D eigenvalue weighted by Crippen LogP contribution is 2.38. The van der Waals surface area contributed by atoms with E-state index in [9.17, 15) is 14.4 Å². The number of anilines is 1. The predicted molar refractivity (Wildman–Crippen MR) is 95.4 cm³/mol. The molecule has 6 nitrogen and oxygen atoms in total. The molecular formula is C18H22ClN3O3. The van der Waals surface area contributed by atoms with Crippen molar-refractivity contribution in [3.63, 3.8) is 0 Å². The molecule has 0 unspecified atom stereocenters. The number of rotatable bonds is 3. The lowest BCUT2D eigenvalue weighted by molar-refractivity contribution is -0.136. The SMILES string of the molecule is Cc1ccc(NC(=O)CN2C(=O)N[C@]3(CCCC[C@@H]3C)C2=O)cc1Cl. The van der Waals surface area contributed by atoms with Crippen LogP contribution < -0.4 is 10.6 Å². The molecule has 2 fully saturated rings. The second kappa shape index (κ2) is 6.67. The molecule has 1 saturated carbocycles. The van der Waals surface area contributed by atoms with Crippen LogP contribution in [0.2, 0.25) is 5.02 Å². The summed E-state index contributed by atoms with van der Waals surface area (Å²) in [6, 6.07) is 4.68. The Hall–Kier alpha value is -2.08. The van der Waals surface area contributed by atoms with Crippen LogP contribution in [0.1, 0.15) is 38.2 Å². The van der Waals surface area contributed by atoms with Crippen molar-refractivity contribution in [2.45, 2.75) is 45.1 Å². The minimum absolute atomic E-state index is 0.0710. The maximum atomic E-state index is 12.8. The summed E-state index contributed by atoms with van der Waals surface area (Å²) in [6.07, 6.45) is 3.48. The van der Waals surface area contributed by atoms with Gasteiger partial charge in [-0.05, 0) is 43.4 Å². The van der Waals surface area contributed by atoms with Crippen LogP contribution in [0.25, 0.3) is 0 Å². The number of nitrogens with zero attached hydrogens (tertiary/aromatic N) is 1. The minimum atomic E-state index is -0.844. The van der Waals surface area contributed by atoms with Gasteiger partial charge in [0.05, 0.1) is 0 Å². The molecule has 25 heavy (non-hydrogen) atoms. The molecule has 1 heterocycles. The molecule has 0 aromatic heterocycles. The number of imide groups is 1. The molecule has 2 N–H and O–H groups in total. The van der Waals surface area contributed by atoms with Crippen LogP contribution in [0.3, 0.4) is 0 Å². The molecule has 134 valence electrons. The number of urea groups is 1. The largest absolute Gasteiger partial charge is 0.325 e. The van der Waals surface area contributed by atoms with E-state index in [1.54, 1.807) is 18.2 Å². The summed E-state index contributed by atoms with van der Waals surface area (Å²) in [7, 11) is 0. The van der Waals surface area contributed by atoms with Crippen molar-refractivity contribution in [1.29, 1.82) is 0 Å². The van der Waals surface area contributed by atoms with Gasteiger partial charge in [0, 0.05) is 10.7 Å². The highest BCUT2D eigenvalue weighted by Gasteiger charge is 2.55. The Kier molecular flexibility index (Phi) is 4.73. The van der Waals surface area contributed by atoms with Gasteiger partial charge in [-0.15, -0.1) is 0 Å². The molecule has 0 bridgehead atoms. The lowest BCUT2D eigenvalue weighted by Gasteiger charge is -2.36. The number of hydrogen-bond acceptors (Lipinski definition) is 3. The fraction of sp³-hybridized carbons (Fsp3) is 0.500. The zero-order chi connectivity index (χ0) is 18.2. The fourth-order valence-electron chi connectivity index (χ4n) is 3.65. The van der Waals surface area contributed by atoms with Crippen molar-refractivity contribution >= 4 is 35.1 Å². The van der Waals surface area contributed by atoms with E-state index in [1.165, 1.54) is 0 Å². The van der Waals surface area contributed by atoms with E-state index in [4.69, 9.17) is 11.6 Å². The average molecular weight is 364 g/mol. The Balaban J connectivity index is 1.69. The molecule has 2 aliphatic rings. The number of carbonyl (C=O) groups is 3. The predicted octanol–water partition coefficient (Wildman–Crippen LogP) is 3.09. The Morgan fingerprint density at radius 1 is 1.40 bits per heavy atom. The smallest absolute Gasteiger partial charge is 0.324 e. The molecule has 1 aromatic rings. The molecule has 1 saturated heterocycles. The van der Waals surface area contributed by atoms with Crippen LogP contribution in [0.5, 0.6) is 0 Å². The van der Waals surface area contributed by atoms with Gasteiger partial charge in [-0.2, -0.15) is 0 Å². The van der Waals surface area contributed by atoms with Gasteiger partial charge in [0.15, 0.2) is 0 Å². The molecule has 4 amide bonds. The number of nitrogens with one attached hydrogen (secondary N) is 2. The maximum absolute atomic E-state index is 12.8.